The first-order chi connectivity index (χ1) is 6.24. The molecule has 13 heavy (non-hydrogen) atoms. The minimum Gasteiger partial charge on any atom is -0.396 e. The molecule has 1 aromatic carbocycles. The van der Waals surface area contributed by atoms with E-state index in [0.717, 1.165) is 17.1 Å². The van der Waals surface area contributed by atoms with Crippen molar-refractivity contribution in [3.05, 3.63) is 33.8 Å². The van der Waals surface area contributed by atoms with Crippen LogP contribution in [0.5, 0.6) is 0 Å². The van der Waals surface area contributed by atoms with Gasteiger partial charge in [-0.15, -0.1) is 0 Å². The van der Waals surface area contributed by atoms with E-state index in [4.69, 9.17) is 28.3 Å². The highest BCUT2D eigenvalue weighted by Crippen LogP contribution is 2.24. The first-order valence-corrected chi connectivity index (χ1v) is 5.77. The number of aliphatic hydroxyl groups excluding tert-OH is 1. The monoisotopic (exact) mass is 236 g/mol. The van der Waals surface area contributed by atoms with Gasteiger partial charge < -0.3 is 5.11 Å². The van der Waals surface area contributed by atoms with Crippen molar-refractivity contribution in [1.82, 2.24) is 0 Å². The highest BCUT2D eigenvalue weighted by atomic mass is 35.5. The molecule has 0 saturated heterocycles. The molecule has 0 aliphatic heterocycles. The van der Waals surface area contributed by atoms with E-state index in [1.807, 2.05) is 12.1 Å². The number of aliphatic hydroxyl groups is 1. The first kappa shape index (κ1) is 11.2. The van der Waals surface area contributed by atoms with Gasteiger partial charge in [-0.3, -0.25) is 0 Å². The molecule has 0 bridgehead atoms. The first-order valence-electron chi connectivity index (χ1n) is 3.86. The Morgan fingerprint density at radius 1 is 1.31 bits per heavy atom. The molecular weight excluding hydrogens is 227 g/mol. The highest BCUT2D eigenvalue weighted by molar-refractivity contribution is 7.98. The van der Waals surface area contributed by atoms with Crippen LogP contribution in [-0.2, 0) is 5.75 Å². The van der Waals surface area contributed by atoms with Crippen LogP contribution in [0.15, 0.2) is 18.2 Å². The predicted molar refractivity (Wildman–Crippen MR) is 59.7 cm³/mol. The van der Waals surface area contributed by atoms with Gasteiger partial charge in [-0.05, 0) is 17.7 Å². The maximum atomic E-state index is 8.58. The second-order valence-corrected chi connectivity index (χ2v) is 4.46. The van der Waals surface area contributed by atoms with Crippen LogP contribution in [0, 0.1) is 0 Å². The number of hydrogen-bond acceptors (Lipinski definition) is 2. The zero-order valence-corrected chi connectivity index (χ0v) is 9.29. The summed E-state index contributed by atoms with van der Waals surface area (Å²) in [5.74, 6) is 1.55. The van der Waals surface area contributed by atoms with Gasteiger partial charge in [0, 0.05) is 21.6 Å². The fraction of sp³-hybridized carbons (Fsp3) is 0.333. The van der Waals surface area contributed by atoms with Crippen molar-refractivity contribution in [3.63, 3.8) is 0 Å². The molecule has 0 heterocycles. The van der Waals surface area contributed by atoms with Crippen molar-refractivity contribution in [2.45, 2.75) is 5.75 Å². The van der Waals surface area contributed by atoms with Crippen LogP contribution in [0.2, 0.25) is 10.0 Å². The predicted octanol–water partition coefficient (Wildman–Crippen LogP) is 3.22. The molecule has 1 aromatic rings. The molecule has 0 fully saturated rings. The summed E-state index contributed by atoms with van der Waals surface area (Å²) in [5.41, 5.74) is 1.06. The largest absolute Gasteiger partial charge is 0.396 e. The van der Waals surface area contributed by atoms with Crippen LogP contribution in [0.3, 0.4) is 0 Å². The van der Waals surface area contributed by atoms with Crippen molar-refractivity contribution in [2.75, 3.05) is 12.4 Å². The molecule has 1 N–H and O–H groups in total. The lowest BCUT2D eigenvalue weighted by Gasteiger charge is -2.03. The zero-order chi connectivity index (χ0) is 9.68. The highest BCUT2D eigenvalue weighted by Gasteiger charge is 2.00. The average molecular weight is 237 g/mol. The quantitative estimate of drug-likeness (QED) is 0.811. The number of hydrogen-bond donors (Lipinski definition) is 1. The lowest BCUT2D eigenvalue weighted by Crippen LogP contribution is -1.88. The van der Waals surface area contributed by atoms with E-state index in [1.165, 1.54) is 0 Å². The van der Waals surface area contributed by atoms with Gasteiger partial charge in [0.1, 0.15) is 0 Å². The third-order valence-corrected chi connectivity index (χ3v) is 3.08. The standard InChI is InChI=1S/C9H10Cl2OS/c10-8-2-1-7(9(11)5-8)6-13-4-3-12/h1-2,5,12H,3-4,6H2. The Labute approximate surface area is 92.1 Å². The van der Waals surface area contributed by atoms with Crippen molar-refractivity contribution in [1.29, 1.82) is 0 Å². The van der Waals surface area contributed by atoms with Crippen molar-refractivity contribution in [2.24, 2.45) is 0 Å². The molecule has 0 saturated carbocycles. The summed E-state index contributed by atoms with van der Waals surface area (Å²) in [6.07, 6.45) is 0. The topological polar surface area (TPSA) is 20.2 Å². The summed E-state index contributed by atoms with van der Waals surface area (Å²) < 4.78 is 0. The summed E-state index contributed by atoms with van der Waals surface area (Å²) in [5, 5.41) is 9.93. The second kappa shape index (κ2) is 5.76. The summed E-state index contributed by atoms with van der Waals surface area (Å²) in [6, 6.07) is 5.47. The minimum atomic E-state index is 0.204. The molecule has 0 spiro atoms. The van der Waals surface area contributed by atoms with Gasteiger partial charge in [-0.1, -0.05) is 29.3 Å². The molecule has 0 aliphatic carbocycles. The lowest BCUT2D eigenvalue weighted by atomic mass is 10.2. The van der Waals surface area contributed by atoms with Crippen LogP contribution >= 0.6 is 35.0 Å². The van der Waals surface area contributed by atoms with Gasteiger partial charge in [-0.2, -0.15) is 11.8 Å². The molecular formula is C9H10Cl2OS. The van der Waals surface area contributed by atoms with E-state index in [-0.39, 0.29) is 6.61 Å². The summed E-state index contributed by atoms with van der Waals surface area (Å²) in [7, 11) is 0. The second-order valence-electron chi connectivity index (χ2n) is 2.51. The SMILES string of the molecule is OCCSCc1ccc(Cl)cc1Cl. The molecule has 4 heteroatoms. The maximum Gasteiger partial charge on any atom is 0.0521 e. The van der Waals surface area contributed by atoms with E-state index in [9.17, 15) is 0 Å². The fourth-order valence-corrected chi connectivity index (χ4v) is 2.19. The van der Waals surface area contributed by atoms with E-state index in [0.29, 0.717) is 10.0 Å². The number of benzene rings is 1. The Balaban J connectivity index is 2.56. The minimum absolute atomic E-state index is 0.204. The summed E-state index contributed by atoms with van der Waals surface area (Å²) in [4.78, 5) is 0. The third kappa shape index (κ3) is 3.77. The van der Waals surface area contributed by atoms with Gasteiger partial charge in [0.2, 0.25) is 0 Å². The van der Waals surface area contributed by atoms with Crippen LogP contribution in [0.4, 0.5) is 0 Å². The average Bonchev–Trinajstić information content (AvgIpc) is 2.09. The Hall–Kier alpha value is 0.110. The Bertz CT molecular complexity index is 278. The van der Waals surface area contributed by atoms with Gasteiger partial charge in [0.15, 0.2) is 0 Å². The molecule has 0 amide bonds. The Morgan fingerprint density at radius 2 is 2.08 bits per heavy atom. The van der Waals surface area contributed by atoms with Crippen molar-refractivity contribution in [3.8, 4) is 0 Å². The van der Waals surface area contributed by atoms with E-state index in [2.05, 4.69) is 0 Å². The molecule has 0 unspecified atom stereocenters. The van der Waals surface area contributed by atoms with Crippen LogP contribution in [0.25, 0.3) is 0 Å². The van der Waals surface area contributed by atoms with E-state index in [1.54, 1.807) is 17.8 Å². The molecule has 1 nitrogen and oxygen atoms in total. The number of rotatable bonds is 4. The molecule has 72 valence electrons. The van der Waals surface area contributed by atoms with Gasteiger partial charge in [-0.25, -0.2) is 0 Å². The molecule has 0 aliphatic rings. The van der Waals surface area contributed by atoms with Crippen LogP contribution < -0.4 is 0 Å². The summed E-state index contributed by atoms with van der Waals surface area (Å²) >= 11 is 13.3. The lowest BCUT2D eigenvalue weighted by molar-refractivity contribution is 0.322. The maximum absolute atomic E-state index is 8.58. The van der Waals surface area contributed by atoms with Crippen molar-refractivity contribution < 1.29 is 5.11 Å². The molecule has 1 rings (SSSR count). The smallest absolute Gasteiger partial charge is 0.0521 e. The summed E-state index contributed by atoms with van der Waals surface area (Å²) in [6.45, 7) is 0.204. The van der Waals surface area contributed by atoms with Crippen molar-refractivity contribution >= 4 is 35.0 Å². The zero-order valence-electron chi connectivity index (χ0n) is 6.96. The molecule has 0 atom stereocenters. The van der Waals surface area contributed by atoms with Crippen LogP contribution in [0.1, 0.15) is 5.56 Å². The normalized spacial score (nSPS) is 10.4. The van der Waals surface area contributed by atoms with E-state index < -0.39 is 0 Å². The molecule has 0 radical (unpaired) electrons. The van der Waals surface area contributed by atoms with Gasteiger partial charge in [0.05, 0.1) is 6.61 Å². The van der Waals surface area contributed by atoms with Gasteiger partial charge >= 0.3 is 0 Å². The Kier molecular flexibility index (Phi) is 4.96. The fourth-order valence-electron chi connectivity index (χ4n) is 0.885. The van der Waals surface area contributed by atoms with Gasteiger partial charge in [0.25, 0.3) is 0 Å². The number of thioether (sulfide) groups is 1. The third-order valence-electron chi connectivity index (χ3n) is 1.51. The van der Waals surface area contributed by atoms with E-state index >= 15 is 0 Å². The van der Waals surface area contributed by atoms with Crippen LogP contribution in [-0.4, -0.2) is 17.5 Å². The molecule has 0 aromatic heterocycles. The Morgan fingerprint density at radius 3 is 2.69 bits per heavy atom. The number of halogens is 2.